The Morgan fingerprint density at radius 3 is 1.23 bits per heavy atom. The van der Waals surface area contributed by atoms with Crippen molar-refractivity contribution in [1.82, 2.24) is 0 Å². The van der Waals surface area contributed by atoms with Crippen LogP contribution in [0.1, 0.15) is 22.6 Å². The Bertz CT molecular complexity index is 2680. The molecule has 0 nitrogen and oxygen atoms in total. The SMILES string of the molecule is c1ccc(-c2cc(-c3ccc(-c4ccc(-c5ccc(C6c7ccccc7-c7ccccc76)cc5)cc4)cc3)cc(-c3cccc4ccccc34)c2)cc1. The molecule has 248 valence electrons. The Morgan fingerprint density at radius 1 is 0.245 bits per heavy atom. The molecule has 0 heterocycles. The van der Waals surface area contributed by atoms with Crippen LogP contribution in [0.25, 0.3) is 77.5 Å². The third-order valence-corrected chi connectivity index (χ3v) is 11.0. The predicted molar refractivity (Wildman–Crippen MR) is 224 cm³/mol. The van der Waals surface area contributed by atoms with Crippen molar-refractivity contribution in [3.05, 3.63) is 229 Å². The van der Waals surface area contributed by atoms with Gasteiger partial charge in [0.05, 0.1) is 0 Å². The Labute approximate surface area is 311 Å². The zero-order valence-electron chi connectivity index (χ0n) is 29.3. The average Bonchev–Trinajstić information content (AvgIpc) is 3.58. The summed E-state index contributed by atoms with van der Waals surface area (Å²) in [6.07, 6.45) is 0. The van der Waals surface area contributed by atoms with Gasteiger partial charge in [-0.15, -0.1) is 0 Å². The Balaban J connectivity index is 0.932. The van der Waals surface area contributed by atoms with Crippen LogP contribution in [0.15, 0.2) is 212 Å². The van der Waals surface area contributed by atoms with Gasteiger partial charge in [-0.2, -0.15) is 0 Å². The van der Waals surface area contributed by atoms with Gasteiger partial charge in [0.1, 0.15) is 0 Å². The maximum Gasteiger partial charge on any atom is 0.0352 e. The highest BCUT2D eigenvalue weighted by molar-refractivity contribution is 5.98. The molecule has 10 rings (SSSR count). The van der Waals surface area contributed by atoms with Gasteiger partial charge in [0.15, 0.2) is 0 Å². The van der Waals surface area contributed by atoms with Crippen LogP contribution >= 0.6 is 0 Å². The van der Waals surface area contributed by atoms with Gasteiger partial charge in [-0.25, -0.2) is 0 Å². The first-order valence-corrected chi connectivity index (χ1v) is 18.4. The molecule has 0 spiro atoms. The molecule has 0 N–H and O–H groups in total. The Hall–Kier alpha value is -6.76. The maximum atomic E-state index is 2.34. The summed E-state index contributed by atoms with van der Waals surface area (Å²) in [4.78, 5) is 0. The van der Waals surface area contributed by atoms with Crippen molar-refractivity contribution in [2.24, 2.45) is 0 Å². The number of hydrogen-bond donors (Lipinski definition) is 0. The minimum absolute atomic E-state index is 0.271. The van der Waals surface area contributed by atoms with Crippen LogP contribution in [0.2, 0.25) is 0 Å². The highest BCUT2D eigenvalue weighted by atomic mass is 14.3. The molecule has 0 radical (unpaired) electrons. The first-order valence-electron chi connectivity index (χ1n) is 18.4. The molecule has 0 fully saturated rings. The van der Waals surface area contributed by atoms with Crippen molar-refractivity contribution in [3.8, 4) is 66.8 Å². The fourth-order valence-electron chi connectivity index (χ4n) is 8.32. The summed E-state index contributed by atoms with van der Waals surface area (Å²) in [6, 6.07) is 77.8. The van der Waals surface area contributed by atoms with Crippen LogP contribution < -0.4 is 0 Å². The largest absolute Gasteiger partial charge is 0.0622 e. The van der Waals surface area contributed by atoms with E-state index in [1.54, 1.807) is 0 Å². The van der Waals surface area contributed by atoms with Gasteiger partial charge in [0.25, 0.3) is 0 Å². The van der Waals surface area contributed by atoms with E-state index in [-0.39, 0.29) is 5.92 Å². The van der Waals surface area contributed by atoms with Crippen molar-refractivity contribution in [2.75, 3.05) is 0 Å². The van der Waals surface area contributed by atoms with Crippen LogP contribution in [0.5, 0.6) is 0 Å². The number of rotatable bonds is 6. The van der Waals surface area contributed by atoms with Gasteiger partial charge in [-0.05, 0) is 112 Å². The van der Waals surface area contributed by atoms with Crippen LogP contribution in [-0.2, 0) is 0 Å². The molecular weight excluding hydrogens is 637 g/mol. The first-order chi connectivity index (χ1) is 26.3. The summed E-state index contributed by atoms with van der Waals surface area (Å²) in [6.45, 7) is 0. The van der Waals surface area contributed by atoms with E-state index in [2.05, 4.69) is 212 Å². The quantitative estimate of drug-likeness (QED) is 0.165. The van der Waals surface area contributed by atoms with Crippen LogP contribution in [0.4, 0.5) is 0 Å². The summed E-state index contributed by atoms with van der Waals surface area (Å²) in [5.74, 6) is 0.271. The second kappa shape index (κ2) is 13.1. The van der Waals surface area contributed by atoms with Crippen molar-refractivity contribution in [1.29, 1.82) is 0 Å². The van der Waals surface area contributed by atoms with Gasteiger partial charge in [-0.3, -0.25) is 0 Å². The van der Waals surface area contributed by atoms with E-state index in [0.717, 1.165) is 0 Å². The van der Waals surface area contributed by atoms with E-state index < -0.39 is 0 Å². The van der Waals surface area contributed by atoms with Crippen molar-refractivity contribution in [3.63, 3.8) is 0 Å². The highest BCUT2D eigenvalue weighted by Gasteiger charge is 2.29. The van der Waals surface area contributed by atoms with Crippen molar-refractivity contribution < 1.29 is 0 Å². The number of hydrogen-bond acceptors (Lipinski definition) is 0. The summed E-state index contributed by atoms with van der Waals surface area (Å²) < 4.78 is 0. The number of fused-ring (bicyclic) bond motifs is 4. The molecule has 53 heavy (non-hydrogen) atoms. The normalized spacial score (nSPS) is 12.1. The smallest absolute Gasteiger partial charge is 0.0352 e. The molecule has 0 unspecified atom stereocenters. The molecule has 9 aromatic carbocycles. The van der Waals surface area contributed by atoms with E-state index >= 15 is 0 Å². The monoisotopic (exact) mass is 672 g/mol. The predicted octanol–water partition coefficient (Wildman–Crippen LogP) is 14.3. The highest BCUT2D eigenvalue weighted by Crippen LogP contribution is 2.48. The molecule has 0 saturated heterocycles. The fraction of sp³-hybridized carbons (Fsp3) is 0.0189. The molecule has 9 aromatic rings. The maximum absolute atomic E-state index is 2.34. The lowest BCUT2D eigenvalue weighted by Gasteiger charge is -2.15. The van der Waals surface area contributed by atoms with E-state index in [1.807, 2.05) is 0 Å². The summed E-state index contributed by atoms with van der Waals surface area (Å²) in [5.41, 5.74) is 19.0. The molecule has 0 aliphatic heterocycles. The van der Waals surface area contributed by atoms with Gasteiger partial charge in [-0.1, -0.05) is 194 Å². The first kappa shape index (κ1) is 31.0. The third kappa shape index (κ3) is 5.66. The summed E-state index contributed by atoms with van der Waals surface area (Å²) in [7, 11) is 0. The van der Waals surface area contributed by atoms with Gasteiger partial charge >= 0.3 is 0 Å². The van der Waals surface area contributed by atoms with Crippen LogP contribution in [0, 0.1) is 0 Å². The van der Waals surface area contributed by atoms with E-state index in [4.69, 9.17) is 0 Å². The van der Waals surface area contributed by atoms with Crippen molar-refractivity contribution in [2.45, 2.75) is 5.92 Å². The van der Waals surface area contributed by atoms with Gasteiger partial charge in [0, 0.05) is 5.92 Å². The molecule has 1 aliphatic rings. The molecular formula is C53H36. The zero-order valence-corrected chi connectivity index (χ0v) is 29.3. The molecule has 0 amide bonds. The van der Waals surface area contributed by atoms with Gasteiger partial charge in [0.2, 0.25) is 0 Å². The fourth-order valence-corrected chi connectivity index (χ4v) is 8.32. The third-order valence-electron chi connectivity index (χ3n) is 11.0. The second-order valence-corrected chi connectivity index (χ2v) is 14.1. The van der Waals surface area contributed by atoms with E-state index in [0.29, 0.717) is 0 Å². The minimum Gasteiger partial charge on any atom is -0.0622 e. The molecule has 0 bridgehead atoms. The molecule has 0 heteroatoms. The average molecular weight is 673 g/mol. The lowest BCUT2D eigenvalue weighted by atomic mass is 9.88. The van der Waals surface area contributed by atoms with E-state index in [1.165, 1.54) is 94.2 Å². The second-order valence-electron chi connectivity index (χ2n) is 14.1. The molecule has 0 saturated carbocycles. The summed E-state index contributed by atoms with van der Waals surface area (Å²) >= 11 is 0. The van der Waals surface area contributed by atoms with Crippen LogP contribution in [0.3, 0.4) is 0 Å². The summed E-state index contributed by atoms with van der Waals surface area (Å²) in [5, 5.41) is 2.52. The lowest BCUT2D eigenvalue weighted by Crippen LogP contribution is -1.98. The molecule has 1 aliphatic carbocycles. The number of benzene rings is 9. The lowest BCUT2D eigenvalue weighted by molar-refractivity contribution is 1.02. The minimum atomic E-state index is 0.271. The Kier molecular flexibility index (Phi) is 7.66. The van der Waals surface area contributed by atoms with Crippen molar-refractivity contribution >= 4 is 10.8 Å². The van der Waals surface area contributed by atoms with E-state index in [9.17, 15) is 0 Å². The standard InChI is InChI=1S/C53H36/c1-2-11-36(12-3-1)44-33-45(35-46(34-44)48-20-10-14-42-13-4-5-15-47(42)48)41-27-25-39(26-28-41)37-21-23-38(24-22-37)40-29-31-43(32-30-40)53-51-18-8-6-16-49(51)50-17-7-9-19-52(50)53/h1-35,53H. The topological polar surface area (TPSA) is 0 Å². The zero-order chi connectivity index (χ0) is 35.1. The molecule has 0 aromatic heterocycles. The van der Waals surface area contributed by atoms with Gasteiger partial charge < -0.3 is 0 Å². The Morgan fingerprint density at radius 2 is 0.642 bits per heavy atom. The molecule has 0 atom stereocenters. The van der Waals surface area contributed by atoms with Crippen LogP contribution in [-0.4, -0.2) is 0 Å².